The molecule has 0 spiro atoms. The maximum absolute atomic E-state index is 11.8. The molecule has 0 bridgehead atoms. The molecular formula is C10H18N4O4S. The van der Waals surface area contributed by atoms with Gasteiger partial charge in [-0.2, -0.15) is 22.5 Å². The van der Waals surface area contributed by atoms with Crippen molar-refractivity contribution in [3.8, 4) is 0 Å². The molecule has 0 radical (unpaired) electrons. The second kappa shape index (κ2) is 6.64. The van der Waals surface area contributed by atoms with Crippen molar-refractivity contribution in [3.63, 3.8) is 0 Å². The first-order chi connectivity index (χ1) is 8.85. The number of carbonyl (C=O) groups is 1. The molecule has 1 rings (SSSR count). The van der Waals surface area contributed by atoms with Crippen LogP contribution in [-0.2, 0) is 33.3 Å². The van der Waals surface area contributed by atoms with Crippen molar-refractivity contribution in [2.75, 3.05) is 20.2 Å². The van der Waals surface area contributed by atoms with Crippen molar-refractivity contribution < 1.29 is 17.9 Å². The summed E-state index contributed by atoms with van der Waals surface area (Å²) in [6.45, 7) is 1.67. The molecule has 0 atom stereocenters. The van der Waals surface area contributed by atoms with Crippen LogP contribution in [0, 0.1) is 0 Å². The van der Waals surface area contributed by atoms with E-state index in [0.717, 1.165) is 9.87 Å². The van der Waals surface area contributed by atoms with E-state index in [-0.39, 0.29) is 19.7 Å². The van der Waals surface area contributed by atoms with Gasteiger partial charge in [-0.05, 0) is 6.92 Å². The topological polar surface area (TPSA) is 93.5 Å². The average molecular weight is 290 g/mol. The second-order valence-corrected chi connectivity index (χ2v) is 5.77. The Bertz CT molecular complexity index is 525. The zero-order valence-electron chi connectivity index (χ0n) is 11.2. The Hall–Kier alpha value is -1.45. The quantitative estimate of drug-likeness (QED) is 0.667. The molecule has 108 valence electrons. The fraction of sp³-hybridized carbons (Fsp3) is 0.600. The monoisotopic (exact) mass is 290 g/mol. The molecule has 0 unspecified atom stereocenters. The number of hydrogen-bond donors (Lipinski definition) is 1. The molecule has 1 N–H and O–H groups in total. The number of likely N-dealkylation sites (N-methyl/N-ethyl adjacent to an activating group) is 1. The van der Waals surface area contributed by atoms with Gasteiger partial charge in [0.2, 0.25) is 0 Å². The summed E-state index contributed by atoms with van der Waals surface area (Å²) in [4.78, 5) is 11.2. The van der Waals surface area contributed by atoms with Crippen LogP contribution < -0.4 is 4.72 Å². The first-order valence-corrected chi connectivity index (χ1v) is 7.13. The number of rotatable bonds is 7. The van der Waals surface area contributed by atoms with Crippen molar-refractivity contribution in [1.29, 1.82) is 0 Å². The van der Waals surface area contributed by atoms with Gasteiger partial charge in [0.15, 0.2) is 0 Å². The molecular weight excluding hydrogens is 272 g/mol. The van der Waals surface area contributed by atoms with Gasteiger partial charge in [-0.15, -0.1) is 0 Å². The lowest BCUT2D eigenvalue weighted by atomic mass is 10.4. The minimum absolute atomic E-state index is 0.114. The summed E-state index contributed by atoms with van der Waals surface area (Å²) in [7, 11) is -0.668. The Labute approximate surface area is 112 Å². The molecule has 9 heteroatoms. The summed E-state index contributed by atoms with van der Waals surface area (Å²) in [5.41, 5.74) is 0.732. The summed E-state index contributed by atoms with van der Waals surface area (Å²) in [5, 5.41) is 3.93. The van der Waals surface area contributed by atoms with Gasteiger partial charge in [-0.25, -0.2) is 0 Å². The summed E-state index contributed by atoms with van der Waals surface area (Å²) in [6.07, 6.45) is 3.27. The number of aromatic nitrogens is 2. The molecule has 8 nitrogen and oxygen atoms in total. The van der Waals surface area contributed by atoms with Crippen LogP contribution in [0.15, 0.2) is 12.4 Å². The van der Waals surface area contributed by atoms with Crippen LogP contribution in [0.25, 0.3) is 0 Å². The normalized spacial score (nSPS) is 11.8. The van der Waals surface area contributed by atoms with Gasteiger partial charge >= 0.3 is 5.97 Å². The number of aryl methyl sites for hydroxylation is 1. The van der Waals surface area contributed by atoms with E-state index >= 15 is 0 Å². The lowest BCUT2D eigenvalue weighted by molar-refractivity contribution is -0.143. The fourth-order valence-corrected chi connectivity index (χ4v) is 2.17. The highest BCUT2D eigenvalue weighted by atomic mass is 32.2. The van der Waals surface area contributed by atoms with Crippen LogP contribution in [0.4, 0.5) is 0 Å². The van der Waals surface area contributed by atoms with Gasteiger partial charge in [0.25, 0.3) is 10.2 Å². The SMILES string of the molecule is CCOC(=O)CN(C)S(=O)(=O)NCc1cnn(C)c1. The molecule has 1 heterocycles. The average Bonchev–Trinajstić information content (AvgIpc) is 2.73. The predicted octanol–water partition coefficient (Wildman–Crippen LogP) is -0.751. The second-order valence-electron chi connectivity index (χ2n) is 3.91. The maximum atomic E-state index is 11.8. The Morgan fingerprint density at radius 2 is 2.26 bits per heavy atom. The first kappa shape index (κ1) is 15.6. The van der Waals surface area contributed by atoms with E-state index in [9.17, 15) is 13.2 Å². The zero-order chi connectivity index (χ0) is 14.5. The highest BCUT2D eigenvalue weighted by Gasteiger charge is 2.20. The summed E-state index contributed by atoms with van der Waals surface area (Å²) < 4.78 is 33.2. The van der Waals surface area contributed by atoms with Crippen LogP contribution in [0.2, 0.25) is 0 Å². The summed E-state index contributed by atoms with van der Waals surface area (Å²) in [5.74, 6) is -0.586. The Morgan fingerprint density at radius 1 is 1.58 bits per heavy atom. The largest absolute Gasteiger partial charge is 0.465 e. The highest BCUT2D eigenvalue weighted by molar-refractivity contribution is 7.87. The lowest BCUT2D eigenvalue weighted by Gasteiger charge is -2.16. The summed E-state index contributed by atoms with van der Waals surface area (Å²) >= 11 is 0. The van der Waals surface area contributed by atoms with Crippen molar-refractivity contribution in [1.82, 2.24) is 18.8 Å². The summed E-state index contributed by atoms with van der Waals surface area (Å²) in [6, 6.07) is 0. The van der Waals surface area contributed by atoms with Crippen LogP contribution in [-0.4, -0.2) is 48.7 Å². The first-order valence-electron chi connectivity index (χ1n) is 5.69. The lowest BCUT2D eigenvalue weighted by Crippen LogP contribution is -2.40. The Balaban J connectivity index is 2.53. The van der Waals surface area contributed by atoms with Crippen LogP contribution >= 0.6 is 0 Å². The van der Waals surface area contributed by atoms with Gasteiger partial charge in [0.1, 0.15) is 6.54 Å². The molecule has 1 aromatic rings. The van der Waals surface area contributed by atoms with Crippen molar-refractivity contribution in [3.05, 3.63) is 18.0 Å². The molecule has 0 amide bonds. The van der Waals surface area contributed by atoms with Gasteiger partial charge in [0.05, 0.1) is 12.8 Å². The number of esters is 1. The zero-order valence-corrected chi connectivity index (χ0v) is 12.0. The van der Waals surface area contributed by atoms with E-state index in [1.165, 1.54) is 7.05 Å². The molecule has 0 aliphatic carbocycles. The molecule has 0 aromatic carbocycles. The van der Waals surface area contributed by atoms with Crippen LogP contribution in [0.3, 0.4) is 0 Å². The van der Waals surface area contributed by atoms with Crippen molar-refractivity contribution in [2.24, 2.45) is 7.05 Å². The highest BCUT2D eigenvalue weighted by Crippen LogP contribution is 2.00. The van der Waals surface area contributed by atoms with E-state index in [0.29, 0.717) is 0 Å². The smallest absolute Gasteiger partial charge is 0.321 e. The van der Waals surface area contributed by atoms with Gasteiger partial charge < -0.3 is 4.74 Å². The molecule has 0 saturated carbocycles. The Kier molecular flexibility index (Phi) is 5.45. The number of nitrogens with one attached hydrogen (secondary N) is 1. The standard InChI is InChI=1S/C10H18N4O4S/c1-4-18-10(15)8-14(3)19(16,17)12-6-9-5-11-13(2)7-9/h5,7,12H,4,6,8H2,1-3H3. The van der Waals surface area contributed by atoms with Crippen LogP contribution in [0.1, 0.15) is 12.5 Å². The third-order valence-electron chi connectivity index (χ3n) is 2.28. The molecule has 0 saturated heterocycles. The number of nitrogens with zero attached hydrogens (tertiary/aromatic N) is 3. The Morgan fingerprint density at radius 3 is 2.79 bits per heavy atom. The molecule has 1 aromatic heterocycles. The fourth-order valence-electron chi connectivity index (χ4n) is 1.32. The van der Waals surface area contributed by atoms with E-state index in [1.54, 1.807) is 31.0 Å². The third-order valence-corrected chi connectivity index (χ3v) is 3.74. The third kappa shape index (κ3) is 4.97. The van der Waals surface area contributed by atoms with Crippen molar-refractivity contribution in [2.45, 2.75) is 13.5 Å². The molecule has 0 fully saturated rings. The van der Waals surface area contributed by atoms with E-state index in [2.05, 4.69) is 14.6 Å². The molecule has 0 aliphatic heterocycles. The number of carbonyl (C=O) groups excluding carboxylic acids is 1. The minimum atomic E-state index is -3.72. The predicted molar refractivity (Wildman–Crippen MR) is 68.2 cm³/mol. The van der Waals surface area contributed by atoms with E-state index < -0.39 is 16.2 Å². The number of ether oxygens (including phenoxy) is 1. The van der Waals surface area contributed by atoms with E-state index in [1.807, 2.05) is 0 Å². The van der Waals surface area contributed by atoms with E-state index in [4.69, 9.17) is 0 Å². The van der Waals surface area contributed by atoms with Gasteiger partial charge in [-0.3, -0.25) is 9.48 Å². The van der Waals surface area contributed by atoms with Crippen LogP contribution in [0.5, 0.6) is 0 Å². The minimum Gasteiger partial charge on any atom is -0.465 e. The van der Waals surface area contributed by atoms with Gasteiger partial charge in [0, 0.05) is 32.4 Å². The van der Waals surface area contributed by atoms with Crippen molar-refractivity contribution >= 4 is 16.2 Å². The maximum Gasteiger partial charge on any atom is 0.321 e. The molecule has 19 heavy (non-hydrogen) atoms. The number of hydrogen-bond acceptors (Lipinski definition) is 5. The van der Waals surface area contributed by atoms with Gasteiger partial charge in [-0.1, -0.05) is 0 Å². The molecule has 0 aliphatic rings.